The fraction of sp³-hybridized carbons (Fsp3) is 0.235. The summed E-state index contributed by atoms with van der Waals surface area (Å²) < 4.78 is 2.17. The molecule has 3 rings (SSSR count). The van der Waals surface area contributed by atoms with Crippen molar-refractivity contribution in [2.24, 2.45) is 7.05 Å². The lowest BCUT2D eigenvalue weighted by atomic mass is 10.0. The third-order valence-electron chi connectivity index (χ3n) is 3.68. The summed E-state index contributed by atoms with van der Waals surface area (Å²) in [6.45, 7) is 4.34. The number of anilines is 1. The molecule has 0 unspecified atom stereocenters. The van der Waals surface area contributed by atoms with E-state index in [1.165, 1.54) is 11.1 Å². The summed E-state index contributed by atoms with van der Waals surface area (Å²) in [6.07, 6.45) is 0. The monoisotopic (exact) mass is 265 g/mol. The number of rotatable bonds is 2. The standard InChI is InChI=1S/C17H19N3/c1-11(2)17-19-15-10-13(6-9-16(15)20(17)3)12-4-7-14(18)8-5-12/h4-11H,18H2,1-3H3. The maximum absolute atomic E-state index is 5.74. The van der Waals surface area contributed by atoms with Gasteiger partial charge in [-0.2, -0.15) is 0 Å². The van der Waals surface area contributed by atoms with Crippen molar-refractivity contribution in [3.63, 3.8) is 0 Å². The van der Waals surface area contributed by atoms with Crippen LogP contribution in [0.1, 0.15) is 25.6 Å². The first-order chi connectivity index (χ1) is 9.56. The lowest BCUT2D eigenvalue weighted by Gasteiger charge is -2.05. The summed E-state index contributed by atoms with van der Waals surface area (Å²) in [7, 11) is 2.08. The SMILES string of the molecule is CC(C)c1nc2cc(-c3ccc(N)cc3)ccc2n1C. The average Bonchev–Trinajstić information content (AvgIpc) is 2.77. The predicted molar refractivity (Wildman–Crippen MR) is 84.7 cm³/mol. The van der Waals surface area contributed by atoms with Crippen molar-refractivity contribution in [1.29, 1.82) is 0 Å². The van der Waals surface area contributed by atoms with Gasteiger partial charge in [-0.3, -0.25) is 0 Å². The van der Waals surface area contributed by atoms with E-state index in [1.54, 1.807) is 0 Å². The van der Waals surface area contributed by atoms with Crippen LogP contribution in [-0.4, -0.2) is 9.55 Å². The van der Waals surface area contributed by atoms with Crippen molar-refractivity contribution in [3.8, 4) is 11.1 Å². The van der Waals surface area contributed by atoms with Crippen molar-refractivity contribution in [1.82, 2.24) is 9.55 Å². The zero-order valence-electron chi connectivity index (χ0n) is 12.1. The van der Waals surface area contributed by atoms with Gasteiger partial charge in [0, 0.05) is 18.7 Å². The number of fused-ring (bicyclic) bond motifs is 1. The quantitative estimate of drug-likeness (QED) is 0.713. The molecule has 0 amide bonds. The van der Waals surface area contributed by atoms with Crippen LogP contribution in [0.25, 0.3) is 22.2 Å². The van der Waals surface area contributed by atoms with Gasteiger partial charge >= 0.3 is 0 Å². The van der Waals surface area contributed by atoms with Gasteiger partial charge < -0.3 is 10.3 Å². The molecule has 102 valence electrons. The van der Waals surface area contributed by atoms with Gasteiger partial charge in [0.15, 0.2) is 0 Å². The highest BCUT2D eigenvalue weighted by atomic mass is 15.1. The van der Waals surface area contributed by atoms with Gasteiger partial charge in [-0.15, -0.1) is 0 Å². The Labute approximate surface area is 119 Å². The summed E-state index contributed by atoms with van der Waals surface area (Å²) in [5.74, 6) is 1.54. The minimum atomic E-state index is 0.423. The number of hydrogen-bond donors (Lipinski definition) is 1. The summed E-state index contributed by atoms with van der Waals surface area (Å²) in [4.78, 5) is 4.75. The second-order valence-electron chi connectivity index (χ2n) is 5.51. The highest BCUT2D eigenvalue weighted by molar-refractivity contribution is 5.83. The number of nitrogens with two attached hydrogens (primary N) is 1. The van der Waals surface area contributed by atoms with Gasteiger partial charge in [-0.25, -0.2) is 4.98 Å². The van der Waals surface area contributed by atoms with E-state index in [0.717, 1.165) is 22.6 Å². The van der Waals surface area contributed by atoms with Crippen LogP contribution in [0.3, 0.4) is 0 Å². The molecule has 0 fully saturated rings. The molecule has 0 bridgehead atoms. The van der Waals surface area contributed by atoms with Crippen LogP contribution < -0.4 is 5.73 Å². The van der Waals surface area contributed by atoms with Gasteiger partial charge in [-0.1, -0.05) is 32.0 Å². The fourth-order valence-corrected chi connectivity index (χ4v) is 2.59. The van der Waals surface area contributed by atoms with Gasteiger partial charge in [0.25, 0.3) is 0 Å². The smallest absolute Gasteiger partial charge is 0.112 e. The maximum Gasteiger partial charge on any atom is 0.112 e. The van der Waals surface area contributed by atoms with Crippen LogP contribution in [0.5, 0.6) is 0 Å². The Morgan fingerprint density at radius 2 is 1.65 bits per heavy atom. The van der Waals surface area contributed by atoms with Crippen LogP contribution in [0, 0.1) is 0 Å². The number of nitrogen functional groups attached to an aromatic ring is 1. The van der Waals surface area contributed by atoms with Gasteiger partial charge in [0.05, 0.1) is 11.0 Å². The van der Waals surface area contributed by atoms with Crippen molar-refractivity contribution < 1.29 is 0 Å². The molecule has 0 aliphatic heterocycles. The molecular formula is C17H19N3. The van der Waals surface area contributed by atoms with E-state index in [1.807, 2.05) is 24.3 Å². The fourth-order valence-electron chi connectivity index (χ4n) is 2.59. The first-order valence-corrected chi connectivity index (χ1v) is 6.88. The largest absolute Gasteiger partial charge is 0.399 e. The van der Waals surface area contributed by atoms with Gasteiger partial charge in [0.1, 0.15) is 5.82 Å². The first-order valence-electron chi connectivity index (χ1n) is 6.88. The first kappa shape index (κ1) is 12.7. The molecule has 2 N–H and O–H groups in total. The molecule has 0 saturated heterocycles. The highest BCUT2D eigenvalue weighted by Gasteiger charge is 2.11. The lowest BCUT2D eigenvalue weighted by molar-refractivity contribution is 0.722. The van der Waals surface area contributed by atoms with E-state index in [9.17, 15) is 0 Å². The Morgan fingerprint density at radius 3 is 2.30 bits per heavy atom. The number of nitrogens with zero attached hydrogens (tertiary/aromatic N) is 2. The molecule has 3 nitrogen and oxygen atoms in total. The molecule has 20 heavy (non-hydrogen) atoms. The highest BCUT2D eigenvalue weighted by Crippen LogP contribution is 2.26. The van der Waals surface area contributed by atoms with Gasteiger partial charge in [-0.05, 0) is 35.4 Å². The predicted octanol–water partition coefficient (Wildman–Crippen LogP) is 3.95. The molecule has 2 aromatic carbocycles. The Bertz CT molecular complexity index is 752. The Balaban J connectivity index is 2.13. The molecule has 0 aliphatic rings. The number of benzene rings is 2. The third kappa shape index (κ3) is 2.05. The topological polar surface area (TPSA) is 43.8 Å². The molecule has 3 heteroatoms. The number of aromatic nitrogens is 2. The van der Waals surface area contributed by atoms with Gasteiger partial charge in [0.2, 0.25) is 0 Å². The summed E-state index contributed by atoms with van der Waals surface area (Å²) >= 11 is 0. The van der Waals surface area contributed by atoms with Crippen molar-refractivity contribution >= 4 is 16.7 Å². The van der Waals surface area contributed by atoms with E-state index in [0.29, 0.717) is 5.92 Å². The van der Waals surface area contributed by atoms with Crippen molar-refractivity contribution in [3.05, 3.63) is 48.3 Å². The molecule has 1 heterocycles. The molecule has 3 aromatic rings. The zero-order valence-corrected chi connectivity index (χ0v) is 12.1. The number of hydrogen-bond acceptors (Lipinski definition) is 2. The van der Waals surface area contributed by atoms with E-state index < -0.39 is 0 Å². The van der Waals surface area contributed by atoms with E-state index in [2.05, 4.69) is 43.7 Å². The second kappa shape index (κ2) is 4.67. The van der Waals surface area contributed by atoms with Crippen LogP contribution >= 0.6 is 0 Å². The minimum Gasteiger partial charge on any atom is -0.399 e. The number of aryl methyl sites for hydroxylation is 1. The average molecular weight is 265 g/mol. The molecule has 1 aromatic heterocycles. The van der Waals surface area contributed by atoms with Crippen LogP contribution in [0.15, 0.2) is 42.5 Å². The third-order valence-corrected chi connectivity index (χ3v) is 3.68. The lowest BCUT2D eigenvalue weighted by Crippen LogP contribution is -1.99. The van der Waals surface area contributed by atoms with Crippen molar-refractivity contribution in [2.45, 2.75) is 19.8 Å². The molecule has 0 radical (unpaired) electrons. The zero-order chi connectivity index (χ0) is 14.3. The summed E-state index contributed by atoms with van der Waals surface area (Å²) in [5.41, 5.74) is 11.1. The van der Waals surface area contributed by atoms with E-state index in [4.69, 9.17) is 10.7 Å². The van der Waals surface area contributed by atoms with E-state index >= 15 is 0 Å². The molecule has 0 aliphatic carbocycles. The second-order valence-corrected chi connectivity index (χ2v) is 5.51. The maximum atomic E-state index is 5.74. The molecule has 0 spiro atoms. The number of imidazole rings is 1. The molecule has 0 atom stereocenters. The van der Waals surface area contributed by atoms with Crippen LogP contribution in [-0.2, 0) is 7.05 Å². The van der Waals surface area contributed by atoms with E-state index in [-0.39, 0.29) is 0 Å². The van der Waals surface area contributed by atoms with Crippen LogP contribution in [0.2, 0.25) is 0 Å². The Kier molecular flexibility index (Phi) is 2.97. The normalized spacial score (nSPS) is 11.4. The summed E-state index contributed by atoms with van der Waals surface area (Å²) in [5, 5.41) is 0. The molecular weight excluding hydrogens is 246 g/mol. The molecule has 0 saturated carbocycles. The minimum absolute atomic E-state index is 0.423. The van der Waals surface area contributed by atoms with Crippen molar-refractivity contribution in [2.75, 3.05) is 5.73 Å². The Hall–Kier alpha value is -2.29. The Morgan fingerprint density at radius 1 is 1.00 bits per heavy atom. The van der Waals surface area contributed by atoms with Crippen LogP contribution in [0.4, 0.5) is 5.69 Å². The summed E-state index contributed by atoms with van der Waals surface area (Å²) in [6, 6.07) is 14.4.